The number of para-hydroxylation sites is 2. The second-order valence-corrected chi connectivity index (χ2v) is 6.75. The van der Waals surface area contributed by atoms with E-state index in [2.05, 4.69) is 20.6 Å². The van der Waals surface area contributed by atoms with Gasteiger partial charge in [-0.2, -0.15) is 0 Å². The lowest BCUT2D eigenvalue weighted by Gasteiger charge is -2.10. The van der Waals surface area contributed by atoms with Gasteiger partial charge in [0.05, 0.1) is 17.3 Å². The summed E-state index contributed by atoms with van der Waals surface area (Å²) in [5.41, 5.74) is 2.35. The lowest BCUT2D eigenvalue weighted by molar-refractivity contribution is -0.117. The average Bonchev–Trinajstić information content (AvgIpc) is 3.44. The molecule has 0 bridgehead atoms. The molecule has 0 aliphatic rings. The summed E-state index contributed by atoms with van der Waals surface area (Å²) in [7, 11) is 0. The van der Waals surface area contributed by atoms with Crippen molar-refractivity contribution < 1.29 is 18.4 Å². The summed E-state index contributed by atoms with van der Waals surface area (Å²) in [6.45, 7) is 0.302. The van der Waals surface area contributed by atoms with Crippen molar-refractivity contribution in [2.24, 2.45) is 0 Å². The Labute approximate surface area is 177 Å². The van der Waals surface area contributed by atoms with Crippen molar-refractivity contribution >= 4 is 28.9 Å². The first kappa shape index (κ1) is 20.1. The van der Waals surface area contributed by atoms with Crippen molar-refractivity contribution in [3.63, 3.8) is 0 Å². The first-order valence-corrected chi connectivity index (χ1v) is 9.62. The molecule has 4 rings (SSSR count). The molecule has 0 fully saturated rings. The highest BCUT2D eigenvalue weighted by Gasteiger charge is 2.16. The Morgan fingerprint density at radius 2 is 1.87 bits per heavy atom. The highest BCUT2D eigenvalue weighted by molar-refractivity contribution is 6.04. The van der Waals surface area contributed by atoms with E-state index < -0.39 is 17.6 Å². The monoisotopic (exact) mass is 418 g/mol. The zero-order valence-electron chi connectivity index (χ0n) is 16.4. The molecule has 2 aromatic carbocycles. The lowest BCUT2D eigenvalue weighted by atomic mass is 10.1. The summed E-state index contributed by atoms with van der Waals surface area (Å²) in [6.07, 6.45) is 3.32. The largest absolute Gasteiger partial charge is 0.459 e. The summed E-state index contributed by atoms with van der Waals surface area (Å²) >= 11 is 0. The molecule has 0 aliphatic carbocycles. The van der Waals surface area contributed by atoms with Crippen molar-refractivity contribution in [2.45, 2.75) is 6.42 Å². The number of hydrogen-bond donors (Lipinski definition) is 3. The van der Waals surface area contributed by atoms with E-state index in [1.54, 1.807) is 6.07 Å². The smallest absolute Gasteiger partial charge is 0.291 e. The first-order valence-electron chi connectivity index (χ1n) is 9.62. The fourth-order valence-corrected chi connectivity index (χ4v) is 2.99. The van der Waals surface area contributed by atoms with E-state index in [-0.39, 0.29) is 11.5 Å². The molecule has 8 heteroatoms. The second-order valence-electron chi connectivity index (χ2n) is 6.75. The molecule has 3 N–H and O–H groups in total. The topological polar surface area (TPSA) is 100 Å². The minimum atomic E-state index is -0.564. The number of furan rings is 1. The van der Waals surface area contributed by atoms with Gasteiger partial charge in [-0.05, 0) is 48.0 Å². The number of rotatable bonds is 7. The number of halogens is 1. The van der Waals surface area contributed by atoms with Gasteiger partial charge in [-0.1, -0.05) is 24.3 Å². The SMILES string of the molecule is O=C(NCCc1nc2ccccc2[nH]1)/C(=C/c1ccc(F)cc1)NC(=O)c1ccco1. The number of carbonyl (C=O) groups is 2. The maximum absolute atomic E-state index is 13.2. The van der Waals surface area contributed by atoms with Crippen LogP contribution in [0, 0.1) is 5.82 Å². The summed E-state index contributed by atoms with van der Waals surface area (Å²) < 4.78 is 18.3. The van der Waals surface area contributed by atoms with Crippen LogP contribution in [0.5, 0.6) is 0 Å². The Balaban J connectivity index is 1.45. The molecule has 2 heterocycles. The van der Waals surface area contributed by atoms with Gasteiger partial charge in [0.15, 0.2) is 5.76 Å². The van der Waals surface area contributed by atoms with Crippen LogP contribution in [0.3, 0.4) is 0 Å². The van der Waals surface area contributed by atoms with Crippen LogP contribution in [0.15, 0.2) is 77.0 Å². The van der Waals surface area contributed by atoms with Crippen LogP contribution in [0.4, 0.5) is 4.39 Å². The Morgan fingerprint density at radius 3 is 2.61 bits per heavy atom. The fraction of sp³-hybridized carbons (Fsp3) is 0.0870. The molecule has 2 aromatic heterocycles. The molecule has 0 unspecified atom stereocenters. The number of hydrogen-bond acceptors (Lipinski definition) is 4. The quantitative estimate of drug-likeness (QED) is 0.401. The molecule has 0 radical (unpaired) electrons. The fourth-order valence-electron chi connectivity index (χ4n) is 2.99. The molecule has 31 heavy (non-hydrogen) atoms. The number of fused-ring (bicyclic) bond motifs is 1. The van der Waals surface area contributed by atoms with Gasteiger partial charge in [0.25, 0.3) is 11.8 Å². The van der Waals surface area contributed by atoms with Crippen LogP contribution in [-0.4, -0.2) is 28.3 Å². The van der Waals surface area contributed by atoms with Crippen LogP contribution in [0.2, 0.25) is 0 Å². The summed E-state index contributed by atoms with van der Waals surface area (Å²) in [6, 6.07) is 16.3. The van der Waals surface area contributed by atoms with Gasteiger partial charge in [0.2, 0.25) is 0 Å². The summed E-state index contributed by atoms with van der Waals surface area (Å²) in [4.78, 5) is 32.8. The van der Waals surface area contributed by atoms with Crippen LogP contribution in [-0.2, 0) is 11.2 Å². The van der Waals surface area contributed by atoms with Gasteiger partial charge < -0.3 is 20.0 Å². The first-order chi connectivity index (χ1) is 15.1. The van der Waals surface area contributed by atoms with Crippen LogP contribution >= 0.6 is 0 Å². The van der Waals surface area contributed by atoms with Crippen molar-refractivity contribution in [3.05, 3.63) is 95.6 Å². The van der Waals surface area contributed by atoms with Crippen molar-refractivity contribution in [2.75, 3.05) is 6.54 Å². The molecule has 2 amide bonds. The number of carbonyl (C=O) groups excluding carboxylic acids is 2. The highest BCUT2D eigenvalue weighted by Crippen LogP contribution is 2.11. The molecule has 156 valence electrons. The number of imidazole rings is 1. The Bertz CT molecular complexity index is 1190. The number of nitrogens with one attached hydrogen (secondary N) is 3. The van der Waals surface area contributed by atoms with Gasteiger partial charge >= 0.3 is 0 Å². The highest BCUT2D eigenvalue weighted by atomic mass is 19.1. The number of aromatic amines is 1. The number of H-pyrrole nitrogens is 1. The van der Waals surface area contributed by atoms with E-state index in [1.807, 2.05) is 24.3 Å². The van der Waals surface area contributed by atoms with Gasteiger partial charge in [-0.3, -0.25) is 9.59 Å². The van der Waals surface area contributed by atoms with Crippen molar-refractivity contribution in [3.8, 4) is 0 Å². The normalized spacial score (nSPS) is 11.5. The van der Waals surface area contributed by atoms with Crippen molar-refractivity contribution in [1.82, 2.24) is 20.6 Å². The second kappa shape index (κ2) is 9.08. The molecular formula is C23H19FN4O3. The van der Waals surface area contributed by atoms with E-state index in [0.717, 1.165) is 16.9 Å². The molecular weight excluding hydrogens is 399 g/mol. The van der Waals surface area contributed by atoms with Crippen LogP contribution in [0.1, 0.15) is 21.9 Å². The third-order valence-corrected chi connectivity index (χ3v) is 4.50. The van der Waals surface area contributed by atoms with E-state index in [1.165, 1.54) is 42.7 Å². The Morgan fingerprint density at radius 1 is 1.06 bits per heavy atom. The van der Waals surface area contributed by atoms with Crippen LogP contribution in [0.25, 0.3) is 17.1 Å². The van der Waals surface area contributed by atoms with Crippen molar-refractivity contribution in [1.29, 1.82) is 0 Å². The average molecular weight is 418 g/mol. The molecule has 0 aliphatic heterocycles. The number of nitrogens with zero attached hydrogens (tertiary/aromatic N) is 1. The lowest BCUT2D eigenvalue weighted by Crippen LogP contribution is -2.35. The number of benzene rings is 2. The molecule has 7 nitrogen and oxygen atoms in total. The molecule has 0 atom stereocenters. The summed E-state index contributed by atoms with van der Waals surface area (Å²) in [5, 5.41) is 5.32. The van der Waals surface area contributed by atoms with E-state index in [9.17, 15) is 14.0 Å². The van der Waals surface area contributed by atoms with Gasteiger partial charge in [-0.15, -0.1) is 0 Å². The predicted molar refractivity (Wildman–Crippen MR) is 113 cm³/mol. The molecule has 0 saturated heterocycles. The summed E-state index contributed by atoms with van der Waals surface area (Å²) in [5.74, 6) is -0.634. The number of amides is 2. The minimum Gasteiger partial charge on any atom is -0.459 e. The zero-order chi connectivity index (χ0) is 21.6. The van der Waals surface area contributed by atoms with Gasteiger partial charge in [0.1, 0.15) is 17.3 Å². The standard InChI is InChI=1S/C23H19FN4O3/c24-16-9-7-15(8-10-16)14-19(28-23(30)20-6-3-13-31-20)22(29)25-12-11-21-26-17-4-1-2-5-18(17)27-21/h1-10,13-14H,11-12H2,(H,25,29)(H,26,27)(H,28,30)/b19-14-. The van der Waals surface area contributed by atoms with E-state index in [0.29, 0.717) is 18.5 Å². The minimum absolute atomic E-state index is 0.0117. The molecule has 0 saturated carbocycles. The van der Waals surface area contributed by atoms with E-state index in [4.69, 9.17) is 4.42 Å². The zero-order valence-corrected chi connectivity index (χ0v) is 16.4. The van der Waals surface area contributed by atoms with Crippen LogP contribution < -0.4 is 10.6 Å². The maximum Gasteiger partial charge on any atom is 0.291 e. The maximum atomic E-state index is 13.2. The third kappa shape index (κ3) is 5.05. The number of aromatic nitrogens is 2. The van der Waals surface area contributed by atoms with Gasteiger partial charge in [-0.25, -0.2) is 9.37 Å². The van der Waals surface area contributed by atoms with E-state index >= 15 is 0 Å². The molecule has 0 spiro atoms. The van der Waals surface area contributed by atoms with Gasteiger partial charge in [0, 0.05) is 13.0 Å². The Kier molecular flexibility index (Phi) is 5.89. The Hall–Kier alpha value is -4.20. The predicted octanol–water partition coefficient (Wildman–Crippen LogP) is 3.42. The molecule has 4 aromatic rings. The third-order valence-electron chi connectivity index (χ3n) is 4.50.